The lowest BCUT2D eigenvalue weighted by Crippen LogP contribution is -2.15. The molecule has 140 valence electrons. The second-order valence-electron chi connectivity index (χ2n) is 6.04. The number of hydrogen-bond donors (Lipinski definition) is 1. The van der Waals surface area contributed by atoms with Crippen molar-refractivity contribution in [3.63, 3.8) is 0 Å². The zero-order chi connectivity index (χ0) is 19.0. The summed E-state index contributed by atoms with van der Waals surface area (Å²) in [5.74, 6) is 2.31. The zero-order valence-corrected chi connectivity index (χ0v) is 15.3. The fourth-order valence-corrected chi connectivity index (χ4v) is 3.02. The Balaban J connectivity index is 1.80. The van der Waals surface area contributed by atoms with E-state index in [-0.39, 0.29) is 6.61 Å². The van der Waals surface area contributed by atoms with Crippen molar-refractivity contribution in [1.82, 2.24) is 9.97 Å². The maximum Gasteiger partial charge on any atom is 0.342 e. The van der Waals surface area contributed by atoms with E-state index in [1.807, 2.05) is 18.2 Å². The third-order valence-corrected chi connectivity index (χ3v) is 4.12. The molecule has 2 aromatic heterocycles. The van der Waals surface area contributed by atoms with Gasteiger partial charge >= 0.3 is 5.97 Å². The van der Waals surface area contributed by atoms with Crippen molar-refractivity contribution in [3.05, 3.63) is 35.3 Å². The SMILES string of the molecule is CCOC(=O)c1c(C)oc2nc(C)nc(Nc3ccc4c(c3)OCCO4)c12. The van der Waals surface area contributed by atoms with Crippen LogP contribution in [0.15, 0.2) is 22.6 Å². The Bertz CT molecular complexity index is 1030. The number of esters is 1. The van der Waals surface area contributed by atoms with Crippen LogP contribution in [0.1, 0.15) is 28.9 Å². The summed E-state index contributed by atoms with van der Waals surface area (Å²) in [6, 6.07) is 5.51. The molecule has 3 heterocycles. The van der Waals surface area contributed by atoms with Crippen molar-refractivity contribution in [2.24, 2.45) is 0 Å². The van der Waals surface area contributed by atoms with Crippen LogP contribution in [0.25, 0.3) is 11.1 Å². The normalized spacial score (nSPS) is 12.9. The quantitative estimate of drug-likeness (QED) is 0.698. The molecule has 0 saturated carbocycles. The van der Waals surface area contributed by atoms with Crippen molar-refractivity contribution in [2.75, 3.05) is 25.1 Å². The van der Waals surface area contributed by atoms with Gasteiger partial charge in [0, 0.05) is 11.8 Å². The third-order valence-electron chi connectivity index (χ3n) is 4.12. The second-order valence-corrected chi connectivity index (χ2v) is 6.04. The Morgan fingerprint density at radius 2 is 1.96 bits per heavy atom. The Morgan fingerprint density at radius 1 is 1.19 bits per heavy atom. The van der Waals surface area contributed by atoms with Gasteiger partial charge in [-0.2, -0.15) is 4.98 Å². The molecule has 1 aliphatic rings. The molecule has 8 heteroatoms. The summed E-state index contributed by atoms with van der Waals surface area (Å²) in [5, 5.41) is 3.73. The predicted molar refractivity (Wildman–Crippen MR) is 97.9 cm³/mol. The molecular formula is C19H19N3O5. The number of carbonyl (C=O) groups excluding carboxylic acids is 1. The van der Waals surface area contributed by atoms with Gasteiger partial charge in [0.15, 0.2) is 11.5 Å². The van der Waals surface area contributed by atoms with Gasteiger partial charge in [0.2, 0.25) is 5.71 Å². The van der Waals surface area contributed by atoms with E-state index < -0.39 is 5.97 Å². The summed E-state index contributed by atoms with van der Waals surface area (Å²) in [6.07, 6.45) is 0. The average Bonchev–Trinajstić information content (AvgIpc) is 2.97. The summed E-state index contributed by atoms with van der Waals surface area (Å²) in [4.78, 5) is 21.2. The number of aromatic nitrogens is 2. The van der Waals surface area contributed by atoms with E-state index in [0.29, 0.717) is 58.8 Å². The van der Waals surface area contributed by atoms with Crippen LogP contribution in [0, 0.1) is 13.8 Å². The minimum absolute atomic E-state index is 0.266. The lowest BCUT2D eigenvalue weighted by Gasteiger charge is -2.19. The number of carbonyl (C=O) groups is 1. The van der Waals surface area contributed by atoms with Crippen molar-refractivity contribution < 1.29 is 23.4 Å². The summed E-state index contributed by atoms with van der Waals surface area (Å²) < 4.78 is 22.0. The first-order chi connectivity index (χ1) is 13.1. The van der Waals surface area contributed by atoms with Crippen LogP contribution in [-0.2, 0) is 4.74 Å². The first-order valence-electron chi connectivity index (χ1n) is 8.68. The van der Waals surface area contributed by atoms with Gasteiger partial charge in [-0.05, 0) is 32.9 Å². The molecule has 0 bridgehead atoms. The van der Waals surface area contributed by atoms with E-state index in [1.54, 1.807) is 20.8 Å². The number of aryl methyl sites for hydroxylation is 2. The van der Waals surface area contributed by atoms with Gasteiger partial charge in [-0.3, -0.25) is 0 Å². The van der Waals surface area contributed by atoms with E-state index in [4.69, 9.17) is 18.6 Å². The summed E-state index contributed by atoms with van der Waals surface area (Å²) in [6.45, 7) is 6.52. The number of hydrogen-bond acceptors (Lipinski definition) is 8. The molecule has 0 amide bonds. The molecule has 0 unspecified atom stereocenters. The lowest BCUT2D eigenvalue weighted by atomic mass is 10.1. The molecule has 3 aromatic rings. The molecule has 1 aliphatic heterocycles. The molecule has 0 radical (unpaired) electrons. The largest absolute Gasteiger partial charge is 0.486 e. The number of nitrogens with one attached hydrogen (secondary N) is 1. The molecule has 0 saturated heterocycles. The first-order valence-corrected chi connectivity index (χ1v) is 8.68. The van der Waals surface area contributed by atoms with E-state index in [9.17, 15) is 4.79 Å². The van der Waals surface area contributed by atoms with Gasteiger partial charge in [0.1, 0.15) is 36.2 Å². The van der Waals surface area contributed by atoms with Crippen LogP contribution in [-0.4, -0.2) is 35.8 Å². The number of furan rings is 1. The van der Waals surface area contributed by atoms with Gasteiger partial charge in [-0.1, -0.05) is 0 Å². The smallest absolute Gasteiger partial charge is 0.342 e. The van der Waals surface area contributed by atoms with E-state index in [2.05, 4.69) is 15.3 Å². The number of rotatable bonds is 4. The van der Waals surface area contributed by atoms with E-state index >= 15 is 0 Å². The topological polar surface area (TPSA) is 95.7 Å². The summed E-state index contributed by atoms with van der Waals surface area (Å²) in [7, 11) is 0. The number of anilines is 2. The average molecular weight is 369 g/mol. The van der Waals surface area contributed by atoms with Crippen LogP contribution in [0.5, 0.6) is 11.5 Å². The van der Waals surface area contributed by atoms with Crippen LogP contribution in [0.2, 0.25) is 0 Å². The van der Waals surface area contributed by atoms with Crippen molar-refractivity contribution in [3.8, 4) is 11.5 Å². The van der Waals surface area contributed by atoms with Crippen LogP contribution in [0.3, 0.4) is 0 Å². The highest BCUT2D eigenvalue weighted by molar-refractivity contribution is 6.08. The Kier molecular flexibility index (Phi) is 4.31. The molecule has 0 aliphatic carbocycles. The second kappa shape index (κ2) is 6.79. The Morgan fingerprint density at radius 3 is 2.74 bits per heavy atom. The monoisotopic (exact) mass is 369 g/mol. The molecule has 4 rings (SSSR count). The van der Waals surface area contributed by atoms with E-state index in [1.165, 1.54) is 0 Å². The maximum absolute atomic E-state index is 12.4. The fourth-order valence-electron chi connectivity index (χ4n) is 3.02. The first kappa shape index (κ1) is 17.1. The zero-order valence-electron chi connectivity index (χ0n) is 15.3. The van der Waals surface area contributed by atoms with Crippen LogP contribution < -0.4 is 14.8 Å². The minimum atomic E-state index is -0.466. The molecule has 27 heavy (non-hydrogen) atoms. The standard InChI is InChI=1S/C19H19N3O5/c1-4-24-19(23)15-10(2)27-18-16(15)17(20-11(3)21-18)22-12-5-6-13-14(9-12)26-8-7-25-13/h5-6,9H,4,7-8H2,1-3H3,(H,20,21,22). The van der Waals surface area contributed by atoms with Gasteiger partial charge in [-0.25, -0.2) is 9.78 Å². The molecule has 0 fully saturated rings. The highest BCUT2D eigenvalue weighted by atomic mass is 16.6. The van der Waals surface area contributed by atoms with Gasteiger partial charge in [0.05, 0.1) is 12.0 Å². The van der Waals surface area contributed by atoms with Gasteiger partial charge in [-0.15, -0.1) is 0 Å². The molecule has 1 aromatic carbocycles. The number of nitrogens with zero attached hydrogens (tertiary/aromatic N) is 2. The van der Waals surface area contributed by atoms with Crippen molar-refractivity contribution in [1.29, 1.82) is 0 Å². The third kappa shape index (κ3) is 3.14. The molecule has 1 N–H and O–H groups in total. The van der Waals surface area contributed by atoms with Gasteiger partial charge < -0.3 is 23.9 Å². The summed E-state index contributed by atoms with van der Waals surface area (Å²) >= 11 is 0. The van der Waals surface area contributed by atoms with Crippen molar-refractivity contribution in [2.45, 2.75) is 20.8 Å². The fraction of sp³-hybridized carbons (Fsp3) is 0.316. The maximum atomic E-state index is 12.4. The Labute approximate surface area is 155 Å². The number of fused-ring (bicyclic) bond motifs is 2. The van der Waals surface area contributed by atoms with Crippen LogP contribution in [0.4, 0.5) is 11.5 Å². The highest BCUT2D eigenvalue weighted by Crippen LogP contribution is 2.36. The van der Waals surface area contributed by atoms with E-state index in [0.717, 1.165) is 5.69 Å². The predicted octanol–water partition coefficient (Wildman–Crippen LogP) is 3.53. The van der Waals surface area contributed by atoms with Gasteiger partial charge in [0.25, 0.3) is 0 Å². The number of benzene rings is 1. The number of ether oxygens (including phenoxy) is 3. The molecule has 8 nitrogen and oxygen atoms in total. The molecular weight excluding hydrogens is 350 g/mol. The minimum Gasteiger partial charge on any atom is -0.486 e. The summed E-state index contributed by atoms with van der Waals surface area (Å²) in [5.41, 5.74) is 1.40. The highest BCUT2D eigenvalue weighted by Gasteiger charge is 2.24. The molecule has 0 spiro atoms. The lowest BCUT2D eigenvalue weighted by molar-refractivity contribution is 0.0526. The van der Waals surface area contributed by atoms with Crippen LogP contribution >= 0.6 is 0 Å². The Hall–Kier alpha value is -3.29. The van der Waals surface area contributed by atoms with Crippen molar-refractivity contribution >= 4 is 28.6 Å². The molecule has 0 atom stereocenters.